The minimum Gasteiger partial charge on any atom is -0.508 e. The number of halogens is 6. The van der Waals surface area contributed by atoms with Gasteiger partial charge in [-0.25, -0.2) is 59.8 Å². The summed E-state index contributed by atoms with van der Waals surface area (Å²) in [5.41, 5.74) is 11.9. The molecule has 0 unspecified atom stereocenters. The summed E-state index contributed by atoms with van der Waals surface area (Å²) in [4.78, 5) is 67.3. The lowest BCUT2D eigenvalue weighted by Gasteiger charge is -2.11. The number of hydrogen-bond donors (Lipinski definition) is 6. The molecule has 20 nitrogen and oxygen atoms in total. The number of esters is 1. The second kappa shape index (κ2) is 31.9. The van der Waals surface area contributed by atoms with Gasteiger partial charge < -0.3 is 36.2 Å². The van der Waals surface area contributed by atoms with Crippen LogP contribution in [0.15, 0.2) is 122 Å². The van der Waals surface area contributed by atoms with Crippen molar-refractivity contribution in [1.29, 1.82) is 0 Å². The monoisotopic (exact) mass is 1420 g/mol. The van der Waals surface area contributed by atoms with Gasteiger partial charge in [0.25, 0.3) is 0 Å². The zero-order valence-corrected chi connectivity index (χ0v) is 58.7. The maximum Gasteiger partial charge on any atom is 0.416 e. The molecule has 0 saturated heterocycles. The van der Waals surface area contributed by atoms with Crippen LogP contribution in [0.2, 0.25) is 0 Å². The highest BCUT2D eigenvalue weighted by molar-refractivity contribution is 7.16. The van der Waals surface area contributed by atoms with E-state index in [0.29, 0.717) is 39.9 Å². The van der Waals surface area contributed by atoms with Crippen LogP contribution in [-0.4, -0.2) is 76.0 Å². The van der Waals surface area contributed by atoms with E-state index in [9.17, 15) is 41.4 Å². The molecule has 0 spiro atoms. The van der Waals surface area contributed by atoms with Gasteiger partial charge in [0, 0.05) is 75.2 Å². The summed E-state index contributed by atoms with van der Waals surface area (Å²) in [6.45, 7) is 23.0. The van der Waals surface area contributed by atoms with Gasteiger partial charge in [0.05, 0.1) is 45.4 Å². The highest BCUT2D eigenvalue weighted by atomic mass is 32.1. The minimum absolute atomic E-state index is 0.00224. The Balaban J connectivity index is 0.000000154. The molecular formula is C69H66F6N16O4S4. The Morgan fingerprint density at radius 2 is 0.758 bits per heavy atom. The molecule has 4 aromatic carbocycles. The van der Waals surface area contributed by atoms with Crippen molar-refractivity contribution in [3.8, 4) is 48.6 Å². The molecule has 99 heavy (non-hydrogen) atoms. The molecule has 8 heterocycles. The van der Waals surface area contributed by atoms with Crippen LogP contribution in [0.3, 0.4) is 0 Å². The summed E-state index contributed by atoms with van der Waals surface area (Å²) >= 11 is 5.96. The zero-order valence-electron chi connectivity index (χ0n) is 55.4. The lowest BCUT2D eigenvalue weighted by Crippen LogP contribution is -2.06. The molecule has 0 aliphatic rings. The molecule has 30 heteroatoms. The number of aliphatic hydroxyl groups is 1. The summed E-state index contributed by atoms with van der Waals surface area (Å²) in [7, 11) is 0. The standard InChI is InChI=1S/C19H20N4O2S.C17H15F3N4S.C17H18N4OS.C16H13F3N4OS/c1-11-7-12(2)9-15(8-11)21-19-20-6-5-16(23-19)18-22-17(13(3)26-18)10-25-14(4)24;1-9-6-12(17(18,19)20)8-13(7-9)23-16-21-5-4-14(24-16)15-22-10(2)11(3)25-15;1-10-6-11(2)8-13(7-10)20-17-18-5-4-14(21-17)16-19-12(3)15(9-22)23-16;1-8-9(2)25-14(21-8)13-3-4-20-15(23-13)22-11-5-10(16(17,18)19)6-12(24)7-11/h5-9H,10H2,1-4H3,(H,20,21,23);4-8H,1-3H3,(H,21,23,24);4-8,22H,9H2,1-3H3,(H,18,20,21);3-7,24H,1-2H3,(H,20,22,23). The Kier molecular flexibility index (Phi) is 23.6. The SMILES string of the molecule is CC(=O)OCc1nc(-c2ccnc(Nc3cc(C)cc(C)c3)n2)sc1C.Cc1cc(C)cc(Nc2nccc(-c3nc(C)c(CO)s3)n2)c1.Cc1cc(Nc2nccc(-c3nc(C)c(C)s3)n2)cc(C(F)(F)F)c1.Cc1nc(-c2ccnc(Nc3cc(O)cc(C(F)(F)F)c3)n2)sc1C. The van der Waals surface area contributed by atoms with Crippen molar-refractivity contribution >= 4 is 97.9 Å². The average Bonchev–Trinajstić information content (AvgIpc) is 1.84. The van der Waals surface area contributed by atoms with Crippen LogP contribution < -0.4 is 21.3 Å². The number of aliphatic hydroxyl groups excluding tert-OH is 1. The first kappa shape index (κ1) is 73.0. The van der Waals surface area contributed by atoms with Crippen LogP contribution in [0.4, 0.5) is 72.9 Å². The van der Waals surface area contributed by atoms with E-state index in [1.165, 1.54) is 86.8 Å². The number of aromatic nitrogens is 12. The molecule has 512 valence electrons. The predicted octanol–water partition coefficient (Wildman–Crippen LogP) is 18.1. The van der Waals surface area contributed by atoms with Crippen molar-refractivity contribution in [2.24, 2.45) is 0 Å². The Morgan fingerprint density at radius 3 is 1.11 bits per heavy atom. The van der Waals surface area contributed by atoms with E-state index in [0.717, 1.165) is 98.3 Å². The molecule has 8 aromatic heterocycles. The quantitative estimate of drug-likeness (QED) is 0.0411. The smallest absolute Gasteiger partial charge is 0.416 e. The fraction of sp³-hybridized carbons (Fsp3) is 0.232. The number of aromatic hydroxyl groups is 1. The lowest BCUT2D eigenvalue weighted by atomic mass is 10.1. The number of hydrogen-bond acceptors (Lipinski definition) is 24. The van der Waals surface area contributed by atoms with E-state index in [1.54, 1.807) is 43.7 Å². The number of ether oxygens (including phenoxy) is 1. The van der Waals surface area contributed by atoms with E-state index in [2.05, 4.69) is 133 Å². The van der Waals surface area contributed by atoms with Crippen molar-refractivity contribution in [3.05, 3.63) is 203 Å². The fourth-order valence-corrected chi connectivity index (χ4v) is 12.9. The maximum absolute atomic E-state index is 12.9. The first-order valence-electron chi connectivity index (χ1n) is 30.1. The van der Waals surface area contributed by atoms with Gasteiger partial charge in [0.2, 0.25) is 23.8 Å². The van der Waals surface area contributed by atoms with E-state index in [4.69, 9.17) is 4.74 Å². The van der Waals surface area contributed by atoms with Gasteiger partial charge in [0.15, 0.2) is 0 Å². The maximum atomic E-state index is 12.9. The molecule has 12 aromatic rings. The Bertz CT molecular complexity index is 4610. The summed E-state index contributed by atoms with van der Waals surface area (Å²) in [5, 5.41) is 33.8. The lowest BCUT2D eigenvalue weighted by molar-refractivity contribution is -0.142. The van der Waals surface area contributed by atoms with Gasteiger partial charge in [-0.05, 0) is 183 Å². The topological polar surface area (TPSA) is 270 Å². The molecule has 0 atom stereocenters. The summed E-state index contributed by atoms with van der Waals surface area (Å²) in [5.74, 6) is 0.567. The second-order valence-corrected chi connectivity index (χ2v) is 27.2. The number of benzene rings is 4. The predicted molar refractivity (Wildman–Crippen MR) is 377 cm³/mol. The van der Waals surface area contributed by atoms with Crippen molar-refractivity contribution in [2.45, 2.75) is 109 Å². The zero-order chi connectivity index (χ0) is 71.5. The van der Waals surface area contributed by atoms with E-state index >= 15 is 0 Å². The van der Waals surface area contributed by atoms with Gasteiger partial charge in [-0.15, -0.1) is 45.3 Å². The van der Waals surface area contributed by atoms with E-state index < -0.39 is 29.2 Å². The molecule has 6 N–H and O–H groups in total. The summed E-state index contributed by atoms with van der Waals surface area (Å²) in [6.07, 6.45) is -2.51. The molecular weight excluding hydrogens is 1360 g/mol. The van der Waals surface area contributed by atoms with Gasteiger partial charge in [-0.2, -0.15) is 26.3 Å². The molecule has 0 aliphatic heterocycles. The van der Waals surface area contributed by atoms with Crippen LogP contribution in [0, 0.1) is 76.2 Å². The minimum atomic E-state index is -4.56. The van der Waals surface area contributed by atoms with Crippen LogP contribution >= 0.6 is 45.3 Å². The van der Waals surface area contributed by atoms with E-state index in [1.807, 2.05) is 65.8 Å². The number of thiazole rings is 4. The number of phenolic OH excluding ortho intramolecular Hbond substituents is 1. The van der Waals surface area contributed by atoms with Crippen molar-refractivity contribution in [2.75, 3.05) is 21.3 Å². The molecule has 0 radical (unpaired) electrons. The second-order valence-electron chi connectivity index (χ2n) is 22.5. The first-order valence-corrected chi connectivity index (χ1v) is 33.4. The van der Waals surface area contributed by atoms with Gasteiger partial charge in [-0.3, -0.25) is 4.79 Å². The summed E-state index contributed by atoms with van der Waals surface area (Å²) < 4.78 is 82.4. The largest absolute Gasteiger partial charge is 0.508 e. The Labute approximate surface area is 582 Å². The number of carbonyl (C=O) groups excluding carboxylic acids is 1. The number of alkyl halides is 6. The number of anilines is 8. The van der Waals surface area contributed by atoms with Crippen LogP contribution in [0.5, 0.6) is 5.75 Å². The Hall–Kier alpha value is -10.3. The molecule has 0 amide bonds. The van der Waals surface area contributed by atoms with Crippen molar-refractivity contribution in [1.82, 2.24) is 59.8 Å². The van der Waals surface area contributed by atoms with Gasteiger partial charge in [-0.1, -0.05) is 12.1 Å². The number of nitrogens with zero attached hydrogens (tertiary/aromatic N) is 12. The summed E-state index contributed by atoms with van der Waals surface area (Å²) in [6, 6.07) is 26.0. The number of carbonyl (C=O) groups is 1. The molecule has 0 bridgehead atoms. The van der Waals surface area contributed by atoms with Crippen LogP contribution in [0.25, 0.3) is 42.8 Å². The highest BCUT2D eigenvalue weighted by Crippen LogP contribution is 2.37. The van der Waals surface area contributed by atoms with Crippen molar-refractivity contribution < 1.29 is 46.1 Å². The average molecular weight is 1430 g/mol. The third-order valence-electron chi connectivity index (χ3n) is 14.0. The Morgan fingerprint density at radius 1 is 0.424 bits per heavy atom. The third-order valence-corrected chi connectivity index (χ3v) is 18.4. The number of aryl methyl sites for hydroxylation is 11. The van der Waals surface area contributed by atoms with Crippen LogP contribution in [-0.2, 0) is 35.1 Å². The van der Waals surface area contributed by atoms with E-state index in [-0.39, 0.29) is 42.5 Å². The highest BCUT2D eigenvalue weighted by Gasteiger charge is 2.32. The number of rotatable bonds is 15. The fourth-order valence-electron chi connectivity index (χ4n) is 9.32. The normalized spacial score (nSPS) is 11.1. The molecule has 0 saturated carbocycles. The molecule has 0 fully saturated rings. The third kappa shape index (κ3) is 20.6. The molecule has 0 aliphatic carbocycles. The number of phenols is 1. The van der Waals surface area contributed by atoms with Crippen LogP contribution in [0.1, 0.15) is 88.2 Å². The van der Waals surface area contributed by atoms with Crippen molar-refractivity contribution in [3.63, 3.8) is 0 Å². The molecule has 12 rings (SSSR count). The van der Waals surface area contributed by atoms with Gasteiger partial charge in [0.1, 0.15) is 55.2 Å². The van der Waals surface area contributed by atoms with Gasteiger partial charge >= 0.3 is 18.3 Å². The number of nitrogens with one attached hydrogen (secondary N) is 4. The first-order chi connectivity index (χ1) is 46.9.